The number of hydrogen-bond acceptors (Lipinski definition) is 7. The standard InChI is InChI=1S/C26H24F3N3O4/c27-26(28,29)21-23(31-35-24(21)16-6-2-1-3-7-16)25-20-18(15-32(10-12-33)11-13-34)14-17-8-4-5-9-19(17)22(20)30-36-25/h1-9,18,33-34H,10-15H2. The Morgan fingerprint density at radius 3 is 2.19 bits per heavy atom. The number of fused-ring (bicyclic) bond motifs is 3. The van der Waals surface area contributed by atoms with E-state index in [1.165, 1.54) is 12.1 Å². The van der Waals surface area contributed by atoms with Gasteiger partial charge in [0, 0.05) is 42.2 Å². The van der Waals surface area contributed by atoms with Crippen LogP contribution < -0.4 is 0 Å². The van der Waals surface area contributed by atoms with Gasteiger partial charge in [0.25, 0.3) is 0 Å². The van der Waals surface area contributed by atoms with Crippen LogP contribution in [0.5, 0.6) is 0 Å². The first-order chi connectivity index (χ1) is 17.4. The van der Waals surface area contributed by atoms with E-state index in [0.29, 0.717) is 37.3 Å². The van der Waals surface area contributed by atoms with Gasteiger partial charge in [-0.3, -0.25) is 4.90 Å². The van der Waals surface area contributed by atoms with E-state index in [2.05, 4.69) is 10.3 Å². The molecular weight excluding hydrogens is 475 g/mol. The summed E-state index contributed by atoms with van der Waals surface area (Å²) in [7, 11) is 0. The molecule has 2 heterocycles. The molecule has 0 fully saturated rings. The van der Waals surface area contributed by atoms with Crippen LogP contribution in [-0.4, -0.2) is 58.3 Å². The molecule has 7 nitrogen and oxygen atoms in total. The summed E-state index contributed by atoms with van der Waals surface area (Å²) in [6.45, 7) is 0.764. The maximum Gasteiger partial charge on any atom is 0.422 e. The van der Waals surface area contributed by atoms with Crippen molar-refractivity contribution in [3.05, 3.63) is 71.3 Å². The maximum absolute atomic E-state index is 14.4. The van der Waals surface area contributed by atoms with Crippen molar-refractivity contribution in [2.75, 3.05) is 32.8 Å². The van der Waals surface area contributed by atoms with E-state index in [0.717, 1.165) is 11.1 Å². The van der Waals surface area contributed by atoms with Crippen LogP contribution in [0.4, 0.5) is 13.2 Å². The first-order valence-electron chi connectivity index (χ1n) is 11.6. The van der Waals surface area contributed by atoms with Gasteiger partial charge in [0.15, 0.2) is 17.2 Å². The second kappa shape index (κ2) is 9.88. The Hall–Kier alpha value is -3.47. The second-order valence-electron chi connectivity index (χ2n) is 8.68. The van der Waals surface area contributed by atoms with Gasteiger partial charge in [-0.25, -0.2) is 0 Å². The summed E-state index contributed by atoms with van der Waals surface area (Å²) in [6, 6.07) is 15.5. The van der Waals surface area contributed by atoms with Gasteiger partial charge < -0.3 is 19.3 Å². The Morgan fingerprint density at radius 1 is 0.861 bits per heavy atom. The van der Waals surface area contributed by atoms with E-state index in [-0.39, 0.29) is 30.5 Å². The lowest BCUT2D eigenvalue weighted by Gasteiger charge is -2.30. The summed E-state index contributed by atoms with van der Waals surface area (Å²) in [5.41, 5.74) is 1.52. The SMILES string of the molecule is OCCN(CCO)CC1Cc2ccccc2-c2noc(-c3noc(-c4ccccc4)c3C(F)(F)F)c21. The van der Waals surface area contributed by atoms with Gasteiger partial charge in [-0.05, 0) is 12.0 Å². The van der Waals surface area contributed by atoms with E-state index in [1.54, 1.807) is 18.2 Å². The molecule has 1 unspecified atom stereocenters. The molecule has 0 radical (unpaired) electrons. The average Bonchev–Trinajstić information content (AvgIpc) is 3.50. The first kappa shape index (κ1) is 24.2. The first-order valence-corrected chi connectivity index (χ1v) is 11.6. The largest absolute Gasteiger partial charge is 0.422 e. The quantitative estimate of drug-likeness (QED) is 0.366. The Morgan fingerprint density at radius 2 is 1.50 bits per heavy atom. The highest BCUT2D eigenvalue weighted by Gasteiger charge is 2.44. The minimum Gasteiger partial charge on any atom is -0.395 e. The molecule has 2 N–H and O–H groups in total. The lowest BCUT2D eigenvalue weighted by atomic mass is 9.80. The Bertz CT molecular complexity index is 1330. The monoisotopic (exact) mass is 499 g/mol. The molecule has 0 saturated heterocycles. The third kappa shape index (κ3) is 4.43. The third-order valence-electron chi connectivity index (χ3n) is 6.41. The van der Waals surface area contributed by atoms with Crippen LogP contribution in [0.2, 0.25) is 0 Å². The van der Waals surface area contributed by atoms with Gasteiger partial charge in [-0.2, -0.15) is 13.2 Å². The Kier molecular flexibility index (Phi) is 6.65. The topological polar surface area (TPSA) is 95.8 Å². The molecule has 188 valence electrons. The van der Waals surface area contributed by atoms with Crippen molar-refractivity contribution < 1.29 is 32.4 Å². The summed E-state index contributed by atoms with van der Waals surface area (Å²) in [5, 5.41) is 27.0. The van der Waals surface area contributed by atoms with Crippen molar-refractivity contribution >= 4 is 0 Å². The predicted molar refractivity (Wildman–Crippen MR) is 125 cm³/mol. The summed E-state index contributed by atoms with van der Waals surface area (Å²) in [6.07, 6.45) is -4.24. The lowest BCUT2D eigenvalue weighted by Crippen LogP contribution is -2.35. The van der Waals surface area contributed by atoms with Crippen molar-refractivity contribution in [3.8, 4) is 34.0 Å². The van der Waals surface area contributed by atoms with Crippen LogP contribution in [-0.2, 0) is 12.6 Å². The zero-order valence-electron chi connectivity index (χ0n) is 19.2. The van der Waals surface area contributed by atoms with E-state index in [4.69, 9.17) is 9.05 Å². The summed E-state index contributed by atoms with van der Waals surface area (Å²) in [5.74, 6) is -0.791. The average molecular weight is 499 g/mol. The molecule has 0 aliphatic heterocycles. The molecule has 1 atom stereocenters. The summed E-state index contributed by atoms with van der Waals surface area (Å²) in [4.78, 5) is 1.86. The Labute approximate surface area is 204 Å². The lowest BCUT2D eigenvalue weighted by molar-refractivity contribution is -0.136. The van der Waals surface area contributed by atoms with Crippen molar-refractivity contribution in [1.29, 1.82) is 0 Å². The van der Waals surface area contributed by atoms with Gasteiger partial charge in [0.2, 0.25) is 0 Å². The predicted octanol–water partition coefficient (Wildman–Crippen LogP) is 4.61. The number of halogens is 3. The molecule has 5 rings (SSSR count). The van der Waals surface area contributed by atoms with Crippen molar-refractivity contribution in [2.45, 2.75) is 18.5 Å². The number of aliphatic hydroxyl groups is 2. The van der Waals surface area contributed by atoms with Crippen LogP contribution >= 0.6 is 0 Å². The number of alkyl halides is 3. The van der Waals surface area contributed by atoms with Crippen LogP contribution in [0.1, 0.15) is 22.6 Å². The van der Waals surface area contributed by atoms with E-state index >= 15 is 0 Å². The fraction of sp³-hybridized carbons (Fsp3) is 0.308. The van der Waals surface area contributed by atoms with Gasteiger partial charge in [-0.15, -0.1) is 0 Å². The van der Waals surface area contributed by atoms with Crippen molar-refractivity contribution in [3.63, 3.8) is 0 Å². The normalized spacial score (nSPS) is 15.2. The highest BCUT2D eigenvalue weighted by atomic mass is 19.4. The second-order valence-corrected chi connectivity index (χ2v) is 8.68. The molecule has 4 aromatic rings. The minimum absolute atomic E-state index is 0.0873. The smallest absolute Gasteiger partial charge is 0.395 e. The number of nitrogens with zero attached hydrogens (tertiary/aromatic N) is 3. The van der Waals surface area contributed by atoms with Gasteiger partial charge >= 0.3 is 6.18 Å². The van der Waals surface area contributed by atoms with Crippen molar-refractivity contribution in [1.82, 2.24) is 15.2 Å². The molecule has 0 bridgehead atoms. The fourth-order valence-corrected chi connectivity index (χ4v) is 4.88. The molecule has 0 spiro atoms. The molecule has 36 heavy (non-hydrogen) atoms. The van der Waals surface area contributed by atoms with Gasteiger partial charge in [0.05, 0.1) is 13.2 Å². The van der Waals surface area contributed by atoms with E-state index in [9.17, 15) is 23.4 Å². The van der Waals surface area contributed by atoms with Crippen LogP contribution in [0, 0.1) is 0 Å². The molecule has 1 aliphatic carbocycles. The van der Waals surface area contributed by atoms with Gasteiger partial charge in [0.1, 0.15) is 11.3 Å². The number of aliphatic hydroxyl groups excluding tert-OH is 2. The van der Waals surface area contributed by atoms with E-state index in [1.807, 2.05) is 29.2 Å². The highest BCUT2D eigenvalue weighted by molar-refractivity contribution is 5.80. The highest BCUT2D eigenvalue weighted by Crippen LogP contribution is 2.49. The molecule has 2 aromatic carbocycles. The molecule has 1 aliphatic rings. The minimum atomic E-state index is -4.76. The van der Waals surface area contributed by atoms with Crippen LogP contribution in [0.15, 0.2) is 63.6 Å². The molecule has 2 aromatic heterocycles. The summed E-state index contributed by atoms with van der Waals surface area (Å²) < 4.78 is 54.0. The zero-order chi connectivity index (χ0) is 25.3. The molecular formula is C26H24F3N3O4. The third-order valence-corrected chi connectivity index (χ3v) is 6.41. The maximum atomic E-state index is 14.4. The number of aromatic nitrogens is 2. The molecule has 0 amide bonds. The van der Waals surface area contributed by atoms with Crippen LogP contribution in [0.3, 0.4) is 0 Å². The van der Waals surface area contributed by atoms with Gasteiger partial charge in [-0.1, -0.05) is 64.9 Å². The van der Waals surface area contributed by atoms with Crippen molar-refractivity contribution in [2.24, 2.45) is 0 Å². The number of benzene rings is 2. The molecule has 10 heteroatoms. The number of hydrogen-bond donors (Lipinski definition) is 2. The molecule has 0 saturated carbocycles. The zero-order valence-corrected chi connectivity index (χ0v) is 19.2. The number of rotatable bonds is 8. The van der Waals surface area contributed by atoms with Crippen LogP contribution in [0.25, 0.3) is 34.0 Å². The fourth-order valence-electron chi connectivity index (χ4n) is 4.88. The summed E-state index contributed by atoms with van der Waals surface area (Å²) >= 11 is 0. The Balaban J connectivity index is 1.67. The van der Waals surface area contributed by atoms with E-state index < -0.39 is 23.2 Å².